The Bertz CT molecular complexity index is 498. The number of likely N-dealkylation sites (tertiary alicyclic amines) is 1. The van der Waals surface area contributed by atoms with Crippen LogP contribution in [0.15, 0.2) is 24.3 Å². The minimum Gasteiger partial charge on any atom is -0.484 e. The number of carbonyl (C=O) groups excluding carboxylic acids is 1. The number of aryl methyl sites for hydroxylation is 1. The monoisotopic (exact) mass is 291 g/mol. The van der Waals surface area contributed by atoms with Crippen molar-refractivity contribution in [3.8, 4) is 5.75 Å². The van der Waals surface area contributed by atoms with Crippen LogP contribution < -0.4 is 4.74 Å². The molecule has 0 bridgehead atoms. The molecule has 0 aliphatic carbocycles. The van der Waals surface area contributed by atoms with Crippen LogP contribution >= 0.6 is 0 Å². The maximum atomic E-state index is 12.1. The lowest BCUT2D eigenvalue weighted by atomic mass is 10.0. The number of amides is 1. The molecule has 0 radical (unpaired) electrons. The Morgan fingerprint density at radius 3 is 2.71 bits per heavy atom. The van der Waals surface area contributed by atoms with Gasteiger partial charge in [0, 0.05) is 19.5 Å². The second-order valence-electron chi connectivity index (χ2n) is 5.53. The van der Waals surface area contributed by atoms with Crippen molar-refractivity contribution >= 4 is 11.9 Å². The van der Waals surface area contributed by atoms with Gasteiger partial charge in [0.25, 0.3) is 5.91 Å². The van der Waals surface area contributed by atoms with E-state index in [0.717, 1.165) is 12.0 Å². The van der Waals surface area contributed by atoms with E-state index >= 15 is 0 Å². The quantitative estimate of drug-likeness (QED) is 0.871. The van der Waals surface area contributed by atoms with Gasteiger partial charge in [-0.05, 0) is 37.8 Å². The molecular weight excluding hydrogens is 270 g/mol. The zero-order chi connectivity index (χ0) is 15.2. The topological polar surface area (TPSA) is 66.8 Å². The van der Waals surface area contributed by atoms with Crippen molar-refractivity contribution < 1.29 is 19.4 Å². The molecule has 1 aromatic carbocycles. The SMILES string of the molecule is Cc1ccc(OCC(=O)N2CCC(CCC(=O)O)C2)cc1. The summed E-state index contributed by atoms with van der Waals surface area (Å²) in [5.41, 5.74) is 1.15. The fraction of sp³-hybridized carbons (Fsp3) is 0.500. The molecular formula is C16H21NO4. The molecule has 1 saturated heterocycles. The lowest BCUT2D eigenvalue weighted by Gasteiger charge is -2.16. The van der Waals surface area contributed by atoms with Crippen molar-refractivity contribution in [1.29, 1.82) is 0 Å². The van der Waals surface area contributed by atoms with Crippen LogP contribution in [0.1, 0.15) is 24.8 Å². The van der Waals surface area contributed by atoms with Crippen LogP contribution in [0.2, 0.25) is 0 Å². The Hall–Kier alpha value is -2.04. The van der Waals surface area contributed by atoms with Gasteiger partial charge in [0.15, 0.2) is 6.61 Å². The highest BCUT2D eigenvalue weighted by molar-refractivity contribution is 5.78. The van der Waals surface area contributed by atoms with Gasteiger partial charge < -0.3 is 14.7 Å². The average molecular weight is 291 g/mol. The summed E-state index contributed by atoms with van der Waals surface area (Å²) in [5.74, 6) is 0.177. The highest BCUT2D eigenvalue weighted by atomic mass is 16.5. The average Bonchev–Trinajstić information content (AvgIpc) is 2.93. The summed E-state index contributed by atoms with van der Waals surface area (Å²) < 4.78 is 5.48. The molecule has 114 valence electrons. The van der Waals surface area contributed by atoms with Crippen molar-refractivity contribution in [2.75, 3.05) is 19.7 Å². The van der Waals surface area contributed by atoms with Crippen molar-refractivity contribution in [3.05, 3.63) is 29.8 Å². The Labute approximate surface area is 124 Å². The highest BCUT2D eigenvalue weighted by Crippen LogP contribution is 2.21. The van der Waals surface area contributed by atoms with Gasteiger partial charge in [-0.25, -0.2) is 0 Å². The Morgan fingerprint density at radius 2 is 2.05 bits per heavy atom. The van der Waals surface area contributed by atoms with Crippen molar-refractivity contribution in [3.63, 3.8) is 0 Å². The first-order valence-electron chi connectivity index (χ1n) is 7.23. The van der Waals surface area contributed by atoms with E-state index in [1.54, 1.807) is 4.90 Å². The van der Waals surface area contributed by atoms with E-state index in [9.17, 15) is 9.59 Å². The predicted molar refractivity (Wildman–Crippen MR) is 78.2 cm³/mol. The van der Waals surface area contributed by atoms with Crippen LogP contribution in [0.25, 0.3) is 0 Å². The van der Waals surface area contributed by atoms with E-state index in [1.807, 2.05) is 31.2 Å². The number of benzene rings is 1. The second-order valence-corrected chi connectivity index (χ2v) is 5.53. The molecule has 5 nitrogen and oxygen atoms in total. The maximum absolute atomic E-state index is 12.1. The molecule has 1 aromatic rings. The number of carboxylic acid groups (broad SMARTS) is 1. The van der Waals surface area contributed by atoms with Crippen molar-refractivity contribution in [2.45, 2.75) is 26.2 Å². The molecule has 0 saturated carbocycles. The molecule has 1 atom stereocenters. The molecule has 1 heterocycles. The van der Waals surface area contributed by atoms with Gasteiger partial charge in [0.05, 0.1) is 0 Å². The fourth-order valence-electron chi connectivity index (χ4n) is 2.49. The molecule has 1 fully saturated rings. The molecule has 21 heavy (non-hydrogen) atoms. The van der Waals surface area contributed by atoms with Crippen LogP contribution in [0.4, 0.5) is 0 Å². The molecule has 0 spiro atoms. The number of hydrogen-bond donors (Lipinski definition) is 1. The van der Waals surface area contributed by atoms with Crippen LogP contribution in [-0.4, -0.2) is 41.6 Å². The number of carboxylic acids is 1. The third-order valence-electron chi connectivity index (χ3n) is 3.79. The third kappa shape index (κ3) is 4.77. The number of nitrogens with zero attached hydrogens (tertiary/aromatic N) is 1. The Balaban J connectivity index is 1.74. The number of carbonyl (C=O) groups is 2. The summed E-state index contributed by atoms with van der Waals surface area (Å²) in [5, 5.41) is 8.68. The first-order chi connectivity index (χ1) is 10.0. The summed E-state index contributed by atoms with van der Waals surface area (Å²) in [4.78, 5) is 24.4. The smallest absolute Gasteiger partial charge is 0.303 e. The van der Waals surface area contributed by atoms with Crippen LogP contribution in [0.3, 0.4) is 0 Å². The van der Waals surface area contributed by atoms with E-state index in [0.29, 0.717) is 31.2 Å². The molecule has 1 aliphatic rings. The summed E-state index contributed by atoms with van der Waals surface area (Å²) in [6.45, 7) is 3.37. The van der Waals surface area contributed by atoms with Gasteiger partial charge in [-0.3, -0.25) is 9.59 Å². The first-order valence-corrected chi connectivity index (χ1v) is 7.23. The van der Waals surface area contributed by atoms with Gasteiger partial charge in [0.1, 0.15) is 5.75 Å². The van der Waals surface area contributed by atoms with Crippen LogP contribution in [0, 0.1) is 12.8 Å². The maximum Gasteiger partial charge on any atom is 0.303 e. The molecule has 5 heteroatoms. The van der Waals surface area contributed by atoms with Gasteiger partial charge in [-0.1, -0.05) is 17.7 Å². The summed E-state index contributed by atoms with van der Waals surface area (Å²) >= 11 is 0. The van der Waals surface area contributed by atoms with Crippen molar-refractivity contribution in [1.82, 2.24) is 4.90 Å². The molecule has 1 N–H and O–H groups in total. The van der Waals surface area contributed by atoms with E-state index in [4.69, 9.17) is 9.84 Å². The first kappa shape index (κ1) is 15.4. The molecule has 1 unspecified atom stereocenters. The zero-order valence-electron chi connectivity index (χ0n) is 12.2. The number of hydrogen-bond acceptors (Lipinski definition) is 3. The number of ether oxygens (including phenoxy) is 1. The molecule has 1 aliphatic heterocycles. The minimum atomic E-state index is -0.775. The van der Waals surface area contributed by atoms with E-state index in [1.165, 1.54) is 0 Å². The lowest BCUT2D eigenvalue weighted by Crippen LogP contribution is -2.33. The second kappa shape index (κ2) is 7.11. The van der Waals surface area contributed by atoms with E-state index in [-0.39, 0.29) is 18.9 Å². The molecule has 2 rings (SSSR count). The Kier molecular flexibility index (Phi) is 5.20. The third-order valence-corrected chi connectivity index (χ3v) is 3.79. The fourth-order valence-corrected chi connectivity index (χ4v) is 2.49. The van der Waals surface area contributed by atoms with Gasteiger partial charge >= 0.3 is 5.97 Å². The molecule has 0 aromatic heterocycles. The summed E-state index contributed by atoms with van der Waals surface area (Å²) in [6.07, 6.45) is 1.69. The minimum absolute atomic E-state index is 0.0339. The Morgan fingerprint density at radius 1 is 1.33 bits per heavy atom. The lowest BCUT2D eigenvalue weighted by molar-refractivity contribution is -0.137. The van der Waals surface area contributed by atoms with Gasteiger partial charge in [0.2, 0.25) is 0 Å². The van der Waals surface area contributed by atoms with E-state index in [2.05, 4.69) is 0 Å². The highest BCUT2D eigenvalue weighted by Gasteiger charge is 2.26. The van der Waals surface area contributed by atoms with Crippen molar-refractivity contribution in [2.24, 2.45) is 5.92 Å². The predicted octanol–water partition coefficient (Wildman–Crippen LogP) is 2.09. The normalized spacial score (nSPS) is 17.8. The standard InChI is InChI=1S/C16H21NO4/c1-12-2-5-14(6-3-12)21-11-15(18)17-9-8-13(10-17)4-7-16(19)20/h2-3,5-6,13H,4,7-11H2,1H3,(H,19,20). The van der Waals surface area contributed by atoms with E-state index < -0.39 is 5.97 Å². The van der Waals surface area contributed by atoms with Crippen LogP contribution in [-0.2, 0) is 9.59 Å². The van der Waals surface area contributed by atoms with Crippen LogP contribution in [0.5, 0.6) is 5.75 Å². The summed E-state index contributed by atoms with van der Waals surface area (Å²) in [7, 11) is 0. The zero-order valence-corrected chi connectivity index (χ0v) is 12.2. The summed E-state index contributed by atoms with van der Waals surface area (Å²) in [6, 6.07) is 7.58. The molecule has 1 amide bonds. The number of rotatable bonds is 6. The van der Waals surface area contributed by atoms with Gasteiger partial charge in [-0.15, -0.1) is 0 Å². The largest absolute Gasteiger partial charge is 0.484 e. The van der Waals surface area contributed by atoms with Gasteiger partial charge in [-0.2, -0.15) is 0 Å². The number of aliphatic carboxylic acids is 1.